The monoisotopic (exact) mass is 234 g/mol. The molecule has 0 amide bonds. The Bertz CT molecular complexity index is 496. The Kier molecular flexibility index (Phi) is 2.88. The number of methoxy groups -OCH3 is 1. The van der Waals surface area contributed by atoms with Gasteiger partial charge in [-0.05, 0) is 25.0 Å². The van der Waals surface area contributed by atoms with Gasteiger partial charge >= 0.3 is 5.97 Å². The van der Waals surface area contributed by atoms with Crippen molar-refractivity contribution in [2.24, 2.45) is 5.92 Å². The molecule has 0 radical (unpaired) electrons. The first-order chi connectivity index (χ1) is 8.04. The summed E-state index contributed by atoms with van der Waals surface area (Å²) in [7, 11) is 1.29. The highest BCUT2D eigenvalue weighted by atomic mass is 16.5. The number of hydrogen-bond donors (Lipinski definition) is 0. The molecule has 1 aromatic rings. The van der Waals surface area contributed by atoms with Gasteiger partial charge in [0.25, 0.3) is 0 Å². The van der Waals surface area contributed by atoms with E-state index in [0.29, 0.717) is 29.9 Å². The number of carbonyl (C=O) groups excluding carboxylic acids is 2. The normalized spacial score (nSPS) is 18.7. The van der Waals surface area contributed by atoms with Crippen molar-refractivity contribution in [3.63, 3.8) is 0 Å². The lowest BCUT2D eigenvalue weighted by molar-refractivity contribution is -0.143. The Morgan fingerprint density at radius 2 is 2.29 bits per heavy atom. The van der Waals surface area contributed by atoms with Gasteiger partial charge in [0.05, 0.1) is 12.7 Å². The molecule has 1 unspecified atom stereocenters. The van der Waals surface area contributed by atoms with Crippen molar-refractivity contribution in [2.75, 3.05) is 7.11 Å². The maximum absolute atomic E-state index is 12.1. The predicted molar refractivity (Wildman–Crippen MR) is 61.6 cm³/mol. The lowest BCUT2D eigenvalue weighted by atomic mass is 9.86. The molecular formula is C13H14O4. The number of fused-ring (bicyclic) bond motifs is 1. The lowest BCUT2D eigenvalue weighted by Crippen LogP contribution is -2.29. The van der Waals surface area contributed by atoms with E-state index < -0.39 is 11.9 Å². The van der Waals surface area contributed by atoms with Crippen molar-refractivity contribution >= 4 is 17.3 Å². The van der Waals surface area contributed by atoms with Crippen LogP contribution < -0.4 is 0 Å². The smallest absolute Gasteiger partial charge is 0.316 e. The second-order valence-corrected chi connectivity index (χ2v) is 4.21. The van der Waals surface area contributed by atoms with Crippen LogP contribution in [-0.4, -0.2) is 18.9 Å². The second kappa shape index (κ2) is 4.20. The number of hydrogen-bond acceptors (Lipinski definition) is 4. The van der Waals surface area contributed by atoms with Crippen LogP contribution in [0.15, 0.2) is 17.1 Å². The average molecular weight is 234 g/mol. The number of carbonyl (C=O) groups is 2. The van der Waals surface area contributed by atoms with Crippen LogP contribution >= 0.6 is 0 Å². The van der Waals surface area contributed by atoms with E-state index in [4.69, 9.17) is 4.42 Å². The molecule has 0 aliphatic heterocycles. The summed E-state index contributed by atoms with van der Waals surface area (Å²) >= 11 is 0. The minimum absolute atomic E-state index is 0.214. The van der Waals surface area contributed by atoms with Gasteiger partial charge in [-0.25, -0.2) is 0 Å². The molecule has 2 rings (SSSR count). The summed E-state index contributed by atoms with van der Waals surface area (Å²) < 4.78 is 10.1. The van der Waals surface area contributed by atoms with Crippen molar-refractivity contribution in [1.82, 2.24) is 0 Å². The molecule has 0 spiro atoms. The molecule has 1 heterocycles. The van der Waals surface area contributed by atoms with Crippen LogP contribution in [0.2, 0.25) is 0 Å². The molecule has 0 saturated heterocycles. The number of furan rings is 1. The molecule has 0 aromatic carbocycles. The molecule has 4 heteroatoms. The fourth-order valence-electron chi connectivity index (χ4n) is 1.99. The van der Waals surface area contributed by atoms with Gasteiger partial charge in [0.1, 0.15) is 17.4 Å². The Morgan fingerprint density at radius 3 is 2.88 bits per heavy atom. The number of ether oxygens (including phenoxy) is 1. The highest BCUT2D eigenvalue weighted by Gasteiger charge is 2.35. The third-order valence-corrected chi connectivity index (χ3v) is 2.96. The zero-order valence-electron chi connectivity index (χ0n) is 9.91. The third kappa shape index (κ3) is 1.90. The molecule has 1 aliphatic rings. The zero-order valence-corrected chi connectivity index (χ0v) is 9.91. The van der Waals surface area contributed by atoms with Crippen molar-refractivity contribution in [1.29, 1.82) is 0 Å². The first-order valence-corrected chi connectivity index (χ1v) is 5.45. The van der Waals surface area contributed by atoms with Crippen molar-refractivity contribution in [2.45, 2.75) is 19.8 Å². The minimum atomic E-state index is -0.692. The van der Waals surface area contributed by atoms with Gasteiger partial charge < -0.3 is 9.15 Å². The van der Waals surface area contributed by atoms with E-state index in [2.05, 4.69) is 11.3 Å². The Morgan fingerprint density at radius 1 is 1.59 bits per heavy atom. The van der Waals surface area contributed by atoms with E-state index in [9.17, 15) is 9.59 Å². The summed E-state index contributed by atoms with van der Waals surface area (Å²) in [6, 6.07) is 1.66. The number of ketones is 1. The standard InChI is InChI=1S/C13H14O4/c1-7(2)11-6-9-10(17-11)5-4-8(12(9)14)13(15)16-3/h6,8H,1,4-5H2,2-3H3. The van der Waals surface area contributed by atoms with Crippen molar-refractivity contribution in [3.05, 3.63) is 29.7 Å². The first-order valence-electron chi connectivity index (χ1n) is 5.45. The minimum Gasteiger partial charge on any atom is -0.468 e. The number of rotatable bonds is 2. The highest BCUT2D eigenvalue weighted by molar-refractivity contribution is 6.10. The first kappa shape index (κ1) is 11.6. The second-order valence-electron chi connectivity index (χ2n) is 4.21. The molecule has 0 saturated carbocycles. The lowest BCUT2D eigenvalue weighted by Gasteiger charge is -2.17. The van der Waals surface area contributed by atoms with Gasteiger partial charge in [-0.3, -0.25) is 9.59 Å². The van der Waals surface area contributed by atoms with Gasteiger partial charge in [0.2, 0.25) is 0 Å². The summed E-state index contributed by atoms with van der Waals surface area (Å²) in [5.74, 6) is -0.127. The van der Waals surface area contributed by atoms with Gasteiger partial charge in [-0.2, -0.15) is 0 Å². The number of esters is 1. The molecule has 0 bridgehead atoms. The van der Waals surface area contributed by atoms with Crippen LogP contribution in [0.25, 0.3) is 5.57 Å². The molecule has 1 aromatic heterocycles. The van der Waals surface area contributed by atoms with Gasteiger partial charge in [0, 0.05) is 6.42 Å². The average Bonchev–Trinajstić information content (AvgIpc) is 2.73. The van der Waals surface area contributed by atoms with Crippen LogP contribution in [-0.2, 0) is 16.0 Å². The fraction of sp³-hybridized carbons (Fsp3) is 0.385. The Balaban J connectivity index is 2.35. The fourth-order valence-corrected chi connectivity index (χ4v) is 1.99. The molecule has 4 nitrogen and oxygen atoms in total. The van der Waals surface area contributed by atoms with Crippen LogP contribution in [0.3, 0.4) is 0 Å². The Labute approximate surface area is 99.3 Å². The van der Waals surface area contributed by atoms with Crippen molar-refractivity contribution in [3.8, 4) is 0 Å². The summed E-state index contributed by atoms with van der Waals surface area (Å²) in [4.78, 5) is 23.5. The maximum Gasteiger partial charge on any atom is 0.316 e. The maximum atomic E-state index is 12.1. The number of allylic oxidation sites excluding steroid dienone is 1. The molecule has 17 heavy (non-hydrogen) atoms. The van der Waals surface area contributed by atoms with Crippen LogP contribution in [0.5, 0.6) is 0 Å². The summed E-state index contributed by atoms with van der Waals surface area (Å²) in [6.45, 7) is 5.58. The van der Waals surface area contributed by atoms with Gasteiger partial charge in [-0.15, -0.1) is 0 Å². The molecule has 0 N–H and O–H groups in total. The molecular weight excluding hydrogens is 220 g/mol. The van der Waals surface area contributed by atoms with E-state index in [0.717, 1.165) is 5.57 Å². The topological polar surface area (TPSA) is 56.5 Å². The molecule has 0 fully saturated rings. The van der Waals surface area contributed by atoms with Gasteiger partial charge in [0.15, 0.2) is 5.78 Å². The Hall–Kier alpha value is -1.84. The molecule has 90 valence electrons. The quantitative estimate of drug-likeness (QED) is 0.581. The summed E-state index contributed by atoms with van der Waals surface area (Å²) in [5, 5.41) is 0. The van der Waals surface area contributed by atoms with Crippen LogP contribution in [0.1, 0.15) is 35.2 Å². The zero-order chi connectivity index (χ0) is 12.6. The van der Waals surface area contributed by atoms with Gasteiger partial charge in [-0.1, -0.05) is 6.58 Å². The van der Waals surface area contributed by atoms with Crippen LogP contribution in [0, 0.1) is 5.92 Å². The molecule has 1 atom stereocenters. The highest BCUT2D eigenvalue weighted by Crippen LogP contribution is 2.30. The third-order valence-electron chi connectivity index (χ3n) is 2.96. The van der Waals surface area contributed by atoms with E-state index >= 15 is 0 Å². The number of Topliss-reactive ketones (excluding diaryl/α,β-unsaturated/α-hetero) is 1. The SMILES string of the molecule is C=C(C)c1cc2c(o1)CCC(C(=O)OC)C2=O. The van der Waals surface area contributed by atoms with E-state index in [1.54, 1.807) is 6.07 Å². The summed E-state index contributed by atoms with van der Waals surface area (Å²) in [5.41, 5.74) is 1.26. The summed E-state index contributed by atoms with van der Waals surface area (Å²) in [6.07, 6.45) is 1.02. The van der Waals surface area contributed by atoms with Crippen LogP contribution in [0.4, 0.5) is 0 Å². The number of aryl methyl sites for hydroxylation is 1. The predicted octanol–water partition coefficient (Wildman–Crippen LogP) is 2.23. The van der Waals surface area contributed by atoms with E-state index in [1.165, 1.54) is 7.11 Å². The van der Waals surface area contributed by atoms with Crippen molar-refractivity contribution < 1.29 is 18.7 Å². The molecule has 1 aliphatic carbocycles. The van der Waals surface area contributed by atoms with E-state index in [-0.39, 0.29) is 5.78 Å². The van der Waals surface area contributed by atoms with E-state index in [1.807, 2.05) is 6.92 Å². The largest absolute Gasteiger partial charge is 0.468 e.